The summed E-state index contributed by atoms with van der Waals surface area (Å²) in [6, 6.07) is 6.29. The molecule has 1 heterocycles. The van der Waals surface area contributed by atoms with Crippen LogP contribution < -0.4 is 34.5 Å². The summed E-state index contributed by atoms with van der Waals surface area (Å²) in [6.07, 6.45) is 0.947. The minimum Gasteiger partial charge on any atom is -0.395 e. The largest absolute Gasteiger partial charge is 1.00 e. The first-order valence-electron chi connectivity index (χ1n) is 6.79. The third-order valence-electron chi connectivity index (χ3n) is 4.01. The fourth-order valence-electron chi connectivity index (χ4n) is 3.11. The molecular weight excluding hydrogens is 297 g/mol. The summed E-state index contributed by atoms with van der Waals surface area (Å²) in [7, 11) is -4.07. The minimum atomic E-state index is -4.07. The number of fused-ring (bicyclic) bond motifs is 1. The predicted molar refractivity (Wildman–Crippen MR) is 81.5 cm³/mol. The van der Waals surface area contributed by atoms with E-state index >= 15 is 0 Å². The van der Waals surface area contributed by atoms with Crippen molar-refractivity contribution in [3.8, 4) is 0 Å². The van der Waals surface area contributed by atoms with Crippen molar-refractivity contribution in [3.63, 3.8) is 0 Å². The van der Waals surface area contributed by atoms with Crippen molar-refractivity contribution in [2.45, 2.75) is 45.6 Å². The van der Waals surface area contributed by atoms with Crippen molar-refractivity contribution in [2.24, 2.45) is 0 Å². The fourth-order valence-corrected chi connectivity index (χ4v) is 3.45. The van der Waals surface area contributed by atoms with Crippen LogP contribution in [0.3, 0.4) is 0 Å². The van der Waals surface area contributed by atoms with Crippen molar-refractivity contribution in [2.75, 3.05) is 11.4 Å². The van der Waals surface area contributed by atoms with Crippen molar-refractivity contribution in [1.82, 2.24) is 0 Å². The molecule has 0 saturated heterocycles. The molecule has 0 aliphatic carbocycles. The summed E-state index contributed by atoms with van der Waals surface area (Å²) in [5.41, 5.74) is 3.29. The molecule has 1 unspecified atom stereocenters. The second kappa shape index (κ2) is 6.59. The number of hydrogen-bond donors (Lipinski definition) is 1. The van der Waals surface area contributed by atoms with Crippen molar-refractivity contribution in [3.05, 3.63) is 35.1 Å². The van der Waals surface area contributed by atoms with Crippen LogP contribution in [0, 0.1) is 12.7 Å². The zero-order valence-corrected chi connectivity index (χ0v) is 16.2. The molecule has 1 aliphatic heterocycles. The van der Waals surface area contributed by atoms with Gasteiger partial charge < -0.3 is 9.45 Å². The molecule has 0 spiro atoms. The molecule has 0 saturated carbocycles. The molecule has 21 heavy (non-hydrogen) atoms. The minimum absolute atomic E-state index is 0. The van der Waals surface area contributed by atoms with Gasteiger partial charge in [-0.05, 0) is 50.3 Å². The Morgan fingerprint density at radius 1 is 1.43 bits per heavy atom. The standard InChI is InChI=1S/C15H22NO3S.Na/c1-11-5-6-13-12(2)10-15(3,4)16(14(13)9-11)7-8-20(17,18)19;/h5-6,8-9,12H,7,10H2,1-4H3,(H,17,18,19);/q-1;+1. The van der Waals surface area contributed by atoms with Crippen LogP contribution in [-0.4, -0.2) is 25.1 Å². The first-order valence-corrected chi connectivity index (χ1v) is 8.29. The molecule has 1 aliphatic rings. The fraction of sp³-hybridized carbons (Fsp3) is 0.533. The predicted octanol–water partition coefficient (Wildman–Crippen LogP) is 0.141. The first-order chi connectivity index (χ1) is 9.10. The molecule has 4 nitrogen and oxygen atoms in total. The molecule has 1 atom stereocenters. The Bertz CT molecular complexity index is 613. The molecule has 112 valence electrons. The average molecular weight is 319 g/mol. The van der Waals surface area contributed by atoms with Gasteiger partial charge in [-0.25, -0.2) is 8.42 Å². The van der Waals surface area contributed by atoms with Gasteiger partial charge in [0.1, 0.15) is 10.1 Å². The summed E-state index contributed by atoms with van der Waals surface area (Å²) < 4.78 is 31.0. The smallest absolute Gasteiger partial charge is 0.395 e. The van der Waals surface area contributed by atoms with E-state index in [2.05, 4.69) is 43.9 Å². The number of aryl methyl sites for hydroxylation is 1. The normalized spacial score (nSPS) is 20.6. The third-order valence-corrected chi connectivity index (χ3v) is 4.58. The molecular formula is C15H22NNaO3S. The number of rotatable bonds is 3. The van der Waals surface area contributed by atoms with E-state index in [-0.39, 0.29) is 41.6 Å². The Hall–Kier alpha value is -0.0700. The van der Waals surface area contributed by atoms with Crippen LogP contribution in [0.25, 0.3) is 0 Å². The Morgan fingerprint density at radius 3 is 2.62 bits per heavy atom. The zero-order chi connectivity index (χ0) is 15.1. The maximum absolute atomic E-state index is 11.0. The van der Waals surface area contributed by atoms with Crippen LogP contribution in [0.4, 0.5) is 5.69 Å². The monoisotopic (exact) mass is 319 g/mol. The van der Waals surface area contributed by atoms with Gasteiger partial charge in [-0.15, -0.1) is 0 Å². The molecule has 0 bridgehead atoms. The Balaban J connectivity index is 0.00000220. The number of benzene rings is 1. The Labute approximate surface area is 150 Å². The SMILES string of the molecule is Cc1ccc2c(c1)N(C[CH-]S(=O)(=O)O)C(C)(C)CC2C.[Na+]. The maximum Gasteiger partial charge on any atom is 1.00 e. The van der Waals surface area contributed by atoms with Crippen LogP contribution in [-0.2, 0) is 10.1 Å². The van der Waals surface area contributed by atoms with Crippen molar-refractivity contribution in [1.29, 1.82) is 0 Å². The van der Waals surface area contributed by atoms with E-state index in [0.29, 0.717) is 5.92 Å². The van der Waals surface area contributed by atoms with Gasteiger partial charge in [0.05, 0.1) is 0 Å². The van der Waals surface area contributed by atoms with Gasteiger partial charge in [0.15, 0.2) is 0 Å². The number of hydrogen-bond acceptors (Lipinski definition) is 3. The maximum atomic E-state index is 11.0. The van der Waals surface area contributed by atoms with E-state index in [1.54, 1.807) is 0 Å². The van der Waals surface area contributed by atoms with Gasteiger partial charge in [0.2, 0.25) is 0 Å². The van der Waals surface area contributed by atoms with Gasteiger partial charge >= 0.3 is 29.6 Å². The van der Waals surface area contributed by atoms with Crippen LogP contribution in [0.1, 0.15) is 44.2 Å². The van der Waals surface area contributed by atoms with Gasteiger partial charge in [-0.2, -0.15) is 5.75 Å². The molecule has 0 fully saturated rings. The van der Waals surface area contributed by atoms with Gasteiger partial charge in [0.25, 0.3) is 0 Å². The second-order valence-electron chi connectivity index (χ2n) is 6.27. The summed E-state index contributed by atoms with van der Waals surface area (Å²) >= 11 is 0. The molecule has 6 heteroatoms. The van der Waals surface area contributed by atoms with Crippen LogP contribution >= 0.6 is 0 Å². The zero-order valence-electron chi connectivity index (χ0n) is 13.4. The Kier molecular flexibility index (Phi) is 5.95. The van der Waals surface area contributed by atoms with Gasteiger partial charge in [-0.1, -0.05) is 25.6 Å². The molecule has 0 amide bonds. The molecule has 1 N–H and O–H groups in total. The molecule has 1 aromatic carbocycles. The quantitative estimate of drug-likeness (QED) is 0.489. The summed E-state index contributed by atoms with van der Waals surface area (Å²) in [5, 5.41) is 0. The van der Waals surface area contributed by atoms with E-state index in [1.807, 2.05) is 6.92 Å². The number of anilines is 1. The van der Waals surface area contributed by atoms with Gasteiger partial charge in [-0.3, -0.25) is 0 Å². The summed E-state index contributed by atoms with van der Waals surface area (Å²) in [4.78, 5) is 2.06. The number of nitrogens with zero attached hydrogens (tertiary/aromatic N) is 1. The molecule has 0 radical (unpaired) electrons. The van der Waals surface area contributed by atoms with Crippen LogP contribution in [0.2, 0.25) is 0 Å². The van der Waals surface area contributed by atoms with Gasteiger partial charge in [0, 0.05) is 11.2 Å². The summed E-state index contributed by atoms with van der Waals surface area (Å²) in [5.74, 6) is 1.40. The van der Waals surface area contributed by atoms with Crippen molar-refractivity contribution < 1.29 is 42.5 Å². The van der Waals surface area contributed by atoms with E-state index in [9.17, 15) is 8.42 Å². The van der Waals surface area contributed by atoms with Crippen LogP contribution in [0.15, 0.2) is 18.2 Å². The second-order valence-corrected chi connectivity index (χ2v) is 7.64. The van der Waals surface area contributed by atoms with E-state index in [4.69, 9.17) is 4.55 Å². The molecule has 2 rings (SSSR count). The summed E-state index contributed by atoms with van der Waals surface area (Å²) in [6.45, 7) is 8.62. The molecule has 0 aromatic heterocycles. The van der Waals surface area contributed by atoms with E-state index in [1.165, 1.54) is 5.56 Å². The van der Waals surface area contributed by atoms with E-state index < -0.39 is 10.1 Å². The molecule has 1 aromatic rings. The van der Waals surface area contributed by atoms with Crippen LogP contribution in [0.5, 0.6) is 0 Å². The third kappa shape index (κ3) is 4.45. The van der Waals surface area contributed by atoms with Crippen molar-refractivity contribution >= 4 is 15.8 Å². The van der Waals surface area contributed by atoms with E-state index in [0.717, 1.165) is 23.4 Å². The topological polar surface area (TPSA) is 57.6 Å². The average Bonchev–Trinajstić information content (AvgIpc) is 2.25. The first kappa shape index (κ1) is 19.0. The Morgan fingerprint density at radius 2 is 2.05 bits per heavy atom.